The second-order valence-corrected chi connectivity index (χ2v) is 4.50. The summed E-state index contributed by atoms with van der Waals surface area (Å²) in [7, 11) is 2.29. The molecule has 2 aliphatic rings. The molecule has 0 aromatic carbocycles. The van der Waals surface area contributed by atoms with E-state index >= 15 is 0 Å². The predicted octanol–water partition coefficient (Wildman–Crippen LogP) is 2.33. The molecule has 0 aromatic heterocycles. The number of likely N-dealkylation sites (tertiary alicyclic amines) is 1. The number of hydrogen-bond acceptors (Lipinski definition) is 1. The van der Waals surface area contributed by atoms with E-state index in [4.69, 9.17) is 0 Å². The Morgan fingerprint density at radius 1 is 1.33 bits per heavy atom. The molecule has 0 aromatic rings. The van der Waals surface area contributed by atoms with Crippen LogP contribution in [0, 0.1) is 18.8 Å². The van der Waals surface area contributed by atoms with E-state index in [-0.39, 0.29) is 0 Å². The molecule has 1 saturated carbocycles. The van der Waals surface area contributed by atoms with Gasteiger partial charge in [0.1, 0.15) is 0 Å². The van der Waals surface area contributed by atoms with E-state index < -0.39 is 0 Å². The van der Waals surface area contributed by atoms with Crippen LogP contribution in [0.3, 0.4) is 0 Å². The van der Waals surface area contributed by atoms with Crippen LogP contribution in [0.15, 0.2) is 0 Å². The lowest BCUT2D eigenvalue weighted by Crippen LogP contribution is -2.31. The minimum Gasteiger partial charge on any atom is -0.303 e. The van der Waals surface area contributed by atoms with Crippen molar-refractivity contribution in [2.24, 2.45) is 11.8 Å². The Morgan fingerprint density at radius 3 is 2.83 bits per heavy atom. The Bertz CT molecular complexity index is 155. The summed E-state index contributed by atoms with van der Waals surface area (Å²) in [5.41, 5.74) is 0. The third-order valence-corrected chi connectivity index (χ3v) is 3.85. The fourth-order valence-electron chi connectivity index (χ4n) is 3.18. The van der Waals surface area contributed by atoms with E-state index in [2.05, 4.69) is 18.9 Å². The molecule has 1 heterocycles. The van der Waals surface area contributed by atoms with Crippen molar-refractivity contribution in [2.45, 2.75) is 38.1 Å². The van der Waals surface area contributed by atoms with Gasteiger partial charge in [-0.15, -0.1) is 0 Å². The van der Waals surface area contributed by atoms with Crippen LogP contribution >= 0.6 is 0 Å². The van der Waals surface area contributed by atoms with Gasteiger partial charge < -0.3 is 4.90 Å². The van der Waals surface area contributed by atoms with Crippen LogP contribution in [-0.4, -0.2) is 24.5 Å². The van der Waals surface area contributed by atoms with Crippen LogP contribution in [0.25, 0.3) is 0 Å². The van der Waals surface area contributed by atoms with Gasteiger partial charge in [-0.05, 0) is 38.1 Å². The first-order valence-corrected chi connectivity index (χ1v) is 5.32. The lowest BCUT2D eigenvalue weighted by Gasteiger charge is -2.30. The molecule has 1 radical (unpaired) electrons. The van der Waals surface area contributed by atoms with Crippen LogP contribution in [0.4, 0.5) is 0 Å². The summed E-state index contributed by atoms with van der Waals surface area (Å²) in [5.74, 6) is 1.89. The normalized spacial score (nSPS) is 43.0. The molecule has 0 amide bonds. The van der Waals surface area contributed by atoms with E-state index in [1.807, 2.05) is 0 Å². The molecule has 0 bridgehead atoms. The minimum atomic E-state index is 0.903. The van der Waals surface area contributed by atoms with Crippen LogP contribution in [0.2, 0.25) is 0 Å². The number of fused-ring (bicyclic) bond motifs is 1. The van der Waals surface area contributed by atoms with Crippen molar-refractivity contribution in [1.29, 1.82) is 0 Å². The first-order valence-electron chi connectivity index (χ1n) is 5.32. The molecule has 3 atom stereocenters. The summed E-state index contributed by atoms with van der Waals surface area (Å²) in [6.45, 7) is 5.37. The molecule has 1 heteroatoms. The third-order valence-electron chi connectivity index (χ3n) is 3.85. The van der Waals surface area contributed by atoms with Gasteiger partial charge in [0.2, 0.25) is 0 Å². The van der Waals surface area contributed by atoms with Crippen molar-refractivity contribution in [3.63, 3.8) is 0 Å². The SMILES string of the molecule is [CH2]CC1CN(C)C2CCCCC12. The monoisotopic (exact) mass is 166 g/mol. The standard InChI is InChI=1S/C11H20N/c1-3-9-8-12(2)11-7-5-4-6-10(9)11/h9-11H,1,3-8H2,2H3. The van der Waals surface area contributed by atoms with Gasteiger partial charge in [0.05, 0.1) is 0 Å². The van der Waals surface area contributed by atoms with E-state index in [1.165, 1.54) is 32.2 Å². The van der Waals surface area contributed by atoms with Gasteiger partial charge in [-0.1, -0.05) is 19.8 Å². The second kappa shape index (κ2) is 3.37. The summed E-state index contributed by atoms with van der Waals surface area (Å²) < 4.78 is 0. The van der Waals surface area contributed by atoms with E-state index in [0.717, 1.165) is 24.3 Å². The molecule has 1 nitrogen and oxygen atoms in total. The average Bonchev–Trinajstić information content (AvgIpc) is 2.44. The Kier molecular flexibility index (Phi) is 2.40. The zero-order chi connectivity index (χ0) is 8.55. The maximum atomic E-state index is 4.07. The van der Waals surface area contributed by atoms with Gasteiger partial charge >= 0.3 is 0 Å². The third kappa shape index (κ3) is 1.28. The molecule has 1 aliphatic carbocycles. The maximum absolute atomic E-state index is 4.07. The second-order valence-electron chi connectivity index (χ2n) is 4.50. The van der Waals surface area contributed by atoms with Crippen molar-refractivity contribution < 1.29 is 0 Å². The lowest BCUT2D eigenvalue weighted by atomic mass is 9.79. The Hall–Kier alpha value is -0.0400. The minimum absolute atomic E-state index is 0.903. The molecule has 2 rings (SSSR count). The van der Waals surface area contributed by atoms with Gasteiger partial charge in [0.15, 0.2) is 0 Å². The summed E-state index contributed by atoms with van der Waals surface area (Å²) in [6.07, 6.45) is 6.97. The van der Waals surface area contributed by atoms with Crippen LogP contribution in [0.1, 0.15) is 32.1 Å². The van der Waals surface area contributed by atoms with Gasteiger partial charge in [0, 0.05) is 12.6 Å². The van der Waals surface area contributed by atoms with Crippen molar-refractivity contribution in [3.8, 4) is 0 Å². The fourth-order valence-corrected chi connectivity index (χ4v) is 3.18. The highest BCUT2D eigenvalue weighted by molar-refractivity contribution is 4.93. The zero-order valence-electron chi connectivity index (χ0n) is 8.13. The predicted molar refractivity (Wildman–Crippen MR) is 51.8 cm³/mol. The summed E-state index contributed by atoms with van der Waals surface area (Å²) >= 11 is 0. The van der Waals surface area contributed by atoms with Gasteiger partial charge in [0.25, 0.3) is 0 Å². The molecular weight excluding hydrogens is 146 g/mol. The largest absolute Gasteiger partial charge is 0.303 e. The number of rotatable bonds is 1. The van der Waals surface area contributed by atoms with Crippen molar-refractivity contribution in [2.75, 3.05) is 13.6 Å². The Morgan fingerprint density at radius 2 is 2.08 bits per heavy atom. The molecule has 69 valence electrons. The molecule has 12 heavy (non-hydrogen) atoms. The van der Waals surface area contributed by atoms with E-state index in [1.54, 1.807) is 0 Å². The van der Waals surface area contributed by atoms with Crippen LogP contribution in [-0.2, 0) is 0 Å². The highest BCUT2D eigenvalue weighted by Crippen LogP contribution is 2.40. The van der Waals surface area contributed by atoms with Gasteiger partial charge in [-0.3, -0.25) is 0 Å². The molecule has 1 saturated heterocycles. The molecule has 0 N–H and O–H groups in total. The topological polar surface area (TPSA) is 3.24 Å². The summed E-state index contributed by atoms with van der Waals surface area (Å²) in [4.78, 5) is 2.57. The highest BCUT2D eigenvalue weighted by Gasteiger charge is 2.39. The summed E-state index contributed by atoms with van der Waals surface area (Å²) in [5, 5.41) is 0. The zero-order valence-corrected chi connectivity index (χ0v) is 8.13. The number of nitrogens with zero attached hydrogens (tertiary/aromatic N) is 1. The van der Waals surface area contributed by atoms with Gasteiger partial charge in [-0.2, -0.15) is 0 Å². The molecule has 1 aliphatic heterocycles. The first-order chi connectivity index (χ1) is 5.83. The van der Waals surface area contributed by atoms with Crippen molar-refractivity contribution in [3.05, 3.63) is 6.92 Å². The van der Waals surface area contributed by atoms with E-state index in [9.17, 15) is 0 Å². The van der Waals surface area contributed by atoms with Crippen LogP contribution < -0.4 is 0 Å². The molecular formula is C11H20N. The van der Waals surface area contributed by atoms with Crippen molar-refractivity contribution >= 4 is 0 Å². The molecule has 0 spiro atoms. The Balaban J connectivity index is 2.05. The van der Waals surface area contributed by atoms with Crippen LogP contribution in [0.5, 0.6) is 0 Å². The van der Waals surface area contributed by atoms with Crippen molar-refractivity contribution in [1.82, 2.24) is 4.90 Å². The lowest BCUT2D eigenvalue weighted by molar-refractivity contribution is 0.206. The summed E-state index contributed by atoms with van der Waals surface area (Å²) in [6, 6.07) is 0.908. The smallest absolute Gasteiger partial charge is 0.0124 e. The van der Waals surface area contributed by atoms with E-state index in [0.29, 0.717) is 0 Å². The quantitative estimate of drug-likeness (QED) is 0.578. The first kappa shape index (κ1) is 8.55. The molecule has 2 fully saturated rings. The highest BCUT2D eigenvalue weighted by atomic mass is 15.2. The molecule has 3 unspecified atom stereocenters. The Labute approximate surface area is 76.1 Å². The average molecular weight is 166 g/mol. The maximum Gasteiger partial charge on any atom is 0.0124 e. The fraction of sp³-hybridized carbons (Fsp3) is 0.909. The van der Waals surface area contributed by atoms with Gasteiger partial charge in [-0.25, -0.2) is 0 Å². The number of hydrogen-bond donors (Lipinski definition) is 0.